The maximum Gasteiger partial charge on any atom is 0.306 e. The molecule has 0 saturated carbocycles. The number of methoxy groups -OCH3 is 1. The third kappa shape index (κ3) is 6.59. The average molecular weight is 535 g/mol. The summed E-state index contributed by atoms with van der Waals surface area (Å²) in [5, 5.41) is 9.31. The van der Waals surface area contributed by atoms with Crippen molar-refractivity contribution in [2.45, 2.75) is 78.6 Å². The lowest BCUT2D eigenvalue weighted by Gasteiger charge is -2.32. The molecule has 7 heteroatoms. The van der Waals surface area contributed by atoms with Gasteiger partial charge in [0.2, 0.25) is 5.88 Å². The lowest BCUT2D eigenvalue weighted by Crippen LogP contribution is -2.36. The summed E-state index contributed by atoms with van der Waals surface area (Å²) in [4.78, 5) is 17.7. The molecule has 0 amide bonds. The fourth-order valence-electron chi connectivity index (χ4n) is 5.32. The van der Waals surface area contributed by atoms with Gasteiger partial charge in [-0.3, -0.25) is 9.69 Å². The highest BCUT2D eigenvalue weighted by Crippen LogP contribution is 2.38. The molecule has 1 aliphatic rings. The second kappa shape index (κ2) is 12.2. The van der Waals surface area contributed by atoms with Crippen LogP contribution >= 0.6 is 0 Å². The first-order chi connectivity index (χ1) is 18.6. The van der Waals surface area contributed by atoms with Crippen LogP contribution < -0.4 is 9.47 Å². The van der Waals surface area contributed by atoms with Gasteiger partial charge in [0.25, 0.3) is 0 Å². The summed E-state index contributed by atoms with van der Waals surface area (Å²) in [6.45, 7) is 11.1. The summed E-state index contributed by atoms with van der Waals surface area (Å²) in [5.41, 5.74) is 5.41. The van der Waals surface area contributed by atoms with Gasteiger partial charge in [0.05, 0.1) is 19.2 Å². The monoisotopic (exact) mass is 534 g/mol. The van der Waals surface area contributed by atoms with Gasteiger partial charge in [-0.1, -0.05) is 37.3 Å². The quantitative estimate of drug-likeness (QED) is 0.307. The molecule has 2 heterocycles. The lowest BCUT2D eigenvalue weighted by atomic mass is 9.91. The van der Waals surface area contributed by atoms with Gasteiger partial charge in [-0.15, -0.1) is 0 Å². The van der Waals surface area contributed by atoms with Crippen molar-refractivity contribution in [1.82, 2.24) is 9.88 Å². The third-order valence-electron chi connectivity index (χ3n) is 7.55. The van der Waals surface area contributed by atoms with E-state index < -0.39 is 17.7 Å². The normalized spacial score (nSPS) is 15.8. The number of benzene rings is 2. The zero-order valence-electron chi connectivity index (χ0n) is 23.7. The Morgan fingerprint density at radius 1 is 1.10 bits per heavy atom. The molecule has 0 aliphatic carbocycles. The average Bonchev–Trinajstić information content (AvgIpc) is 2.91. The van der Waals surface area contributed by atoms with E-state index in [1.807, 2.05) is 30.3 Å². The van der Waals surface area contributed by atoms with E-state index in [-0.39, 0.29) is 6.10 Å². The standard InChI is InChI=1S/C32H39FN2O4/c1-19(2)35(20(3)4)18-25-15-24(9-11-26(25)27-16-31(38-6)34-17-28(27)33)29-12-10-23-8-7-22(14-30(23)39-29)13-21(5)32(36)37/h7-9,11,14-17,19-21,29H,10,12-13,18H2,1-6H3,(H,36,37)/t21?,29-/m0/s1. The zero-order chi connectivity index (χ0) is 28.3. The van der Waals surface area contributed by atoms with Crippen molar-refractivity contribution in [3.63, 3.8) is 0 Å². The van der Waals surface area contributed by atoms with Crippen LogP contribution in [0.1, 0.15) is 69.4 Å². The van der Waals surface area contributed by atoms with E-state index in [1.165, 1.54) is 13.3 Å². The van der Waals surface area contributed by atoms with E-state index in [0.29, 0.717) is 36.5 Å². The predicted octanol–water partition coefficient (Wildman–Crippen LogP) is 6.84. The highest BCUT2D eigenvalue weighted by molar-refractivity contribution is 5.70. The van der Waals surface area contributed by atoms with Crippen molar-refractivity contribution in [2.75, 3.05) is 7.11 Å². The van der Waals surface area contributed by atoms with Gasteiger partial charge in [-0.05, 0) is 80.8 Å². The van der Waals surface area contributed by atoms with Crippen molar-refractivity contribution < 1.29 is 23.8 Å². The summed E-state index contributed by atoms with van der Waals surface area (Å²) in [7, 11) is 1.53. The summed E-state index contributed by atoms with van der Waals surface area (Å²) < 4.78 is 26.8. The Morgan fingerprint density at radius 2 is 1.85 bits per heavy atom. The number of ether oxygens (including phenoxy) is 2. The summed E-state index contributed by atoms with van der Waals surface area (Å²) in [5.74, 6) is -0.487. The Labute approximate surface area is 230 Å². The van der Waals surface area contributed by atoms with E-state index in [1.54, 1.807) is 13.0 Å². The Morgan fingerprint density at radius 3 is 2.51 bits per heavy atom. The molecule has 6 nitrogen and oxygen atoms in total. The van der Waals surface area contributed by atoms with E-state index in [0.717, 1.165) is 46.4 Å². The second-order valence-electron chi connectivity index (χ2n) is 11.0. The number of halogens is 1. The van der Waals surface area contributed by atoms with E-state index in [9.17, 15) is 9.90 Å². The Kier molecular flexibility index (Phi) is 8.90. The minimum absolute atomic E-state index is 0.152. The number of fused-ring (bicyclic) bond motifs is 1. The molecule has 0 bridgehead atoms. The third-order valence-corrected chi connectivity index (χ3v) is 7.55. The number of carbonyl (C=O) groups is 1. The van der Waals surface area contributed by atoms with Gasteiger partial charge in [-0.25, -0.2) is 9.37 Å². The first-order valence-corrected chi connectivity index (χ1v) is 13.7. The van der Waals surface area contributed by atoms with Gasteiger partial charge >= 0.3 is 5.97 Å². The predicted molar refractivity (Wildman–Crippen MR) is 151 cm³/mol. The van der Waals surface area contributed by atoms with Gasteiger partial charge in [0, 0.05) is 30.3 Å². The number of hydrogen-bond donors (Lipinski definition) is 1. The summed E-state index contributed by atoms with van der Waals surface area (Å²) >= 11 is 0. The van der Waals surface area contributed by atoms with Crippen LogP contribution in [0.5, 0.6) is 11.6 Å². The molecular weight excluding hydrogens is 495 g/mol. The van der Waals surface area contributed by atoms with Gasteiger partial charge in [-0.2, -0.15) is 0 Å². The van der Waals surface area contributed by atoms with Crippen LogP contribution in [0.2, 0.25) is 0 Å². The van der Waals surface area contributed by atoms with Crippen molar-refractivity contribution >= 4 is 5.97 Å². The number of carboxylic acids is 1. The Balaban J connectivity index is 1.70. The molecule has 0 radical (unpaired) electrons. The molecule has 208 valence electrons. The van der Waals surface area contributed by atoms with Gasteiger partial charge < -0.3 is 14.6 Å². The SMILES string of the molecule is COc1cc(-c2ccc([C@@H]3CCc4ccc(CC(C)C(=O)O)cc4O3)cc2CN(C(C)C)C(C)C)c(F)cn1. The minimum Gasteiger partial charge on any atom is -0.485 e. The highest BCUT2D eigenvalue weighted by atomic mass is 19.1. The number of nitrogens with zero attached hydrogens (tertiary/aromatic N) is 2. The molecule has 3 aromatic rings. The molecule has 4 rings (SSSR count). The summed E-state index contributed by atoms with van der Waals surface area (Å²) in [6.07, 6.45) is 3.20. The number of aromatic nitrogens is 1. The van der Waals surface area contributed by atoms with Crippen LogP contribution in [-0.4, -0.2) is 40.2 Å². The minimum atomic E-state index is -0.806. The first-order valence-electron chi connectivity index (χ1n) is 13.7. The fourth-order valence-corrected chi connectivity index (χ4v) is 5.32. The maximum absolute atomic E-state index is 15.0. The van der Waals surface area contributed by atoms with Crippen LogP contribution in [0.15, 0.2) is 48.7 Å². The van der Waals surface area contributed by atoms with Gasteiger partial charge in [0.1, 0.15) is 17.7 Å². The van der Waals surface area contributed by atoms with Crippen molar-refractivity contribution in [1.29, 1.82) is 0 Å². The van der Waals surface area contributed by atoms with Gasteiger partial charge in [0.15, 0.2) is 0 Å². The summed E-state index contributed by atoms with van der Waals surface area (Å²) in [6, 6.07) is 14.4. The van der Waals surface area contributed by atoms with Crippen LogP contribution in [0.3, 0.4) is 0 Å². The molecule has 1 aliphatic heterocycles. The van der Waals surface area contributed by atoms with Crippen molar-refractivity contribution in [3.8, 4) is 22.8 Å². The molecule has 2 aromatic carbocycles. The number of aryl methyl sites for hydroxylation is 1. The van der Waals surface area contributed by atoms with E-state index in [4.69, 9.17) is 9.47 Å². The molecule has 2 atom stereocenters. The molecule has 0 saturated heterocycles. The number of carboxylic acid groups (broad SMARTS) is 1. The van der Waals surface area contributed by atoms with Crippen LogP contribution in [-0.2, 0) is 24.2 Å². The first kappa shape index (κ1) is 28.6. The van der Waals surface area contributed by atoms with E-state index >= 15 is 4.39 Å². The highest BCUT2D eigenvalue weighted by Gasteiger charge is 2.25. The molecular formula is C32H39FN2O4. The Bertz CT molecular complexity index is 1320. The smallest absolute Gasteiger partial charge is 0.306 e. The topological polar surface area (TPSA) is 71.9 Å². The van der Waals surface area contributed by atoms with Crippen LogP contribution in [0.4, 0.5) is 4.39 Å². The number of aliphatic carboxylic acids is 1. The second-order valence-corrected chi connectivity index (χ2v) is 11.0. The van der Waals surface area contributed by atoms with Crippen LogP contribution in [0.25, 0.3) is 11.1 Å². The largest absolute Gasteiger partial charge is 0.485 e. The molecule has 0 spiro atoms. The van der Waals surface area contributed by atoms with Crippen LogP contribution in [0, 0.1) is 11.7 Å². The fraction of sp³-hybridized carbons (Fsp3) is 0.438. The number of rotatable bonds is 10. The van der Waals surface area contributed by atoms with Crippen molar-refractivity contribution in [3.05, 3.63) is 76.7 Å². The molecule has 1 N–H and O–H groups in total. The number of pyridine rings is 1. The van der Waals surface area contributed by atoms with E-state index in [2.05, 4.69) is 43.6 Å². The molecule has 1 unspecified atom stereocenters. The molecule has 1 aromatic heterocycles. The maximum atomic E-state index is 15.0. The number of hydrogen-bond acceptors (Lipinski definition) is 5. The Hall–Kier alpha value is -3.45. The molecule has 0 fully saturated rings. The molecule has 39 heavy (non-hydrogen) atoms. The lowest BCUT2D eigenvalue weighted by molar-refractivity contribution is -0.141. The zero-order valence-corrected chi connectivity index (χ0v) is 23.7. The van der Waals surface area contributed by atoms with Crippen molar-refractivity contribution in [2.24, 2.45) is 5.92 Å².